The second kappa shape index (κ2) is 37.2. The van der Waals surface area contributed by atoms with Crippen molar-refractivity contribution in [2.24, 2.45) is 45.3 Å². The van der Waals surface area contributed by atoms with Gasteiger partial charge in [0.1, 0.15) is 36.1 Å². The topological polar surface area (TPSA) is 400 Å². The van der Waals surface area contributed by atoms with Crippen molar-refractivity contribution in [3.8, 4) is 0 Å². The molecule has 19 unspecified atom stereocenters. The monoisotopic (exact) mass is 2500 g/mol. The molecule has 21 atom stereocenters. The van der Waals surface area contributed by atoms with E-state index in [0.29, 0.717) is 22.3 Å². The Morgan fingerprint density at radius 3 is 1.40 bits per heavy atom. The molecule has 4 radical (unpaired) electrons. The van der Waals surface area contributed by atoms with Crippen molar-refractivity contribution >= 4 is 47.3 Å². The number of carboxylic acids is 1. The fourth-order valence-electron chi connectivity index (χ4n) is 18.4. The summed E-state index contributed by atoms with van der Waals surface area (Å²) in [7, 11) is 0. The van der Waals surface area contributed by atoms with Gasteiger partial charge in [0.05, 0.1) is 59.7 Å². The molecule has 7 aliphatic rings. The van der Waals surface area contributed by atoms with Gasteiger partial charge in [-0.3, -0.25) is 28.8 Å². The van der Waals surface area contributed by atoms with E-state index in [1.165, 1.54) is 20.3 Å². The summed E-state index contributed by atoms with van der Waals surface area (Å²) >= 11 is 0. The first-order valence-corrected chi connectivity index (χ1v) is 34.4. The summed E-state index contributed by atoms with van der Waals surface area (Å²) in [6, 6.07) is 30.5. The maximum atomic E-state index is 14.5. The van der Waals surface area contributed by atoms with Gasteiger partial charge in [0.15, 0.2) is 17.7 Å². The van der Waals surface area contributed by atoms with Crippen LogP contribution in [-0.2, 0) is 68.8 Å². The number of aliphatic hydroxyl groups excluding tert-OH is 5. The third-order valence-electron chi connectivity index (χ3n) is 24.3. The first-order chi connectivity index (χ1) is 47.7. The normalized spacial score (nSPS) is 33.8. The number of Topliss-reactive ketones (excluding diaryl/α,β-unsaturated/α-hetero) is 2. The van der Waals surface area contributed by atoms with Gasteiger partial charge in [0.2, 0.25) is 6.10 Å². The van der Waals surface area contributed by atoms with E-state index >= 15 is 0 Å². The van der Waals surface area contributed by atoms with E-state index in [2.05, 4.69) is 17.6 Å². The van der Waals surface area contributed by atoms with Gasteiger partial charge in [-0.1, -0.05) is 139 Å². The smallest absolute Gasteiger partial charge is 0.481 e. The molecule has 1 saturated heterocycles. The summed E-state index contributed by atoms with van der Waals surface area (Å²) in [6.07, 6.45) is -13.7. The number of aliphatic hydroxyl groups is 9. The Morgan fingerprint density at radius 2 is 0.981 bits per heavy atom. The fourth-order valence-corrected chi connectivity index (χ4v) is 18.4. The van der Waals surface area contributed by atoms with Crippen molar-refractivity contribution in [1.29, 1.82) is 0 Å². The molecule has 5 fully saturated rings. The summed E-state index contributed by atoms with van der Waals surface area (Å²) < 4.78 is 23.3. The predicted octanol–water partition coefficient (Wildman–Crippen LogP) is 5.06. The molecular formula is C78H94Ac4N2O22W. The van der Waals surface area contributed by atoms with E-state index < -0.39 is 195 Å². The standard InChI is InChI=1S/C41H49NO13.C37H45NO9.4Ac.W/c1-21-25(19-41(52)22(2)34-39(5,26(43)18-27-40(34,51)20-53-27)35(48)32(47)30(21)38(41,3)4)54-37(50)33(55-29(46)17-16-28(44)45)31(23-12-8-6-9-13-23)42-36(49)24-14-10-7-11-15-24;1-20-24(47-33(44)29(41)27(22-13-9-7-10-14-22)38-32(43)23-15-11-8-12-16-23)19-37(46)21(2)30-35(5,45)18-17-25(39)36(30,6)31(42)28(40)26(20)34(37,3)4;;;;;/h6-15,22,25-27,31-34,43,47,51-52H,16-20H2,1-5H3,(H,42,49)(H,44,45);7-16,18,21,24-25,27-30,39-41,45-46H,5,17,19H2,1-4,6H3,(H,38,43);;;;;/q;-2;;;;;+2/t22?,25?,26?,27?,31?,32?,33?,34?,39-,40?,41?;21?,24?,25?,27?,28?,29?,30?,35?,36-,37?;;;;;/m11...../s1. The van der Waals surface area contributed by atoms with Crippen LogP contribution in [0.2, 0.25) is 0 Å². The van der Waals surface area contributed by atoms with Crippen molar-refractivity contribution in [1.82, 2.24) is 10.6 Å². The third kappa shape index (κ3) is 17.7. The van der Waals surface area contributed by atoms with Crippen molar-refractivity contribution in [2.45, 2.75) is 197 Å². The summed E-state index contributed by atoms with van der Waals surface area (Å²) in [6.45, 7) is 19.9. The Balaban J connectivity index is 0.000000371. The Morgan fingerprint density at radius 1 is 0.589 bits per heavy atom. The number of fused-ring (bicyclic) bond motifs is 8. The summed E-state index contributed by atoms with van der Waals surface area (Å²) in [5.74, 6) is -11.3. The second-order valence-corrected chi connectivity index (χ2v) is 30.4. The minimum Gasteiger partial charge on any atom is -0.481 e. The van der Waals surface area contributed by atoms with E-state index in [0.717, 1.165) is 0 Å². The van der Waals surface area contributed by atoms with E-state index in [1.54, 1.807) is 177 Å². The Hall–Kier alpha value is -1.43. The van der Waals surface area contributed by atoms with Gasteiger partial charge in [0, 0.05) is 229 Å². The van der Waals surface area contributed by atoms with Crippen LogP contribution in [-0.4, -0.2) is 182 Å². The van der Waals surface area contributed by atoms with E-state index in [9.17, 15) is 89.4 Å². The van der Waals surface area contributed by atoms with Gasteiger partial charge in [-0.05, 0) is 103 Å². The number of aliphatic carboxylic acids is 1. The molecule has 24 nitrogen and oxygen atoms in total. The van der Waals surface area contributed by atoms with E-state index in [4.69, 9.17) is 18.9 Å². The molecule has 4 saturated carbocycles. The van der Waals surface area contributed by atoms with Crippen LogP contribution in [0.3, 0.4) is 0 Å². The zero-order valence-corrected chi connectivity index (χ0v) is 83.4. The van der Waals surface area contributed by atoms with Gasteiger partial charge in [-0.2, -0.15) is 12.0 Å². The van der Waals surface area contributed by atoms with Crippen LogP contribution < -0.4 is 10.6 Å². The molecule has 566 valence electrons. The molecule has 4 bridgehead atoms. The minimum absolute atomic E-state index is 0. The minimum atomic E-state index is -1.89. The van der Waals surface area contributed by atoms with Gasteiger partial charge in [-0.15, -0.1) is 0 Å². The zero-order chi connectivity index (χ0) is 74.9. The maximum Gasteiger partial charge on any atom is 2.00 e. The average molecular weight is 2500 g/mol. The van der Waals surface area contributed by atoms with Crippen LogP contribution in [0.5, 0.6) is 0 Å². The quantitative estimate of drug-likeness (QED) is 0.0302. The number of rotatable bonds is 16. The molecule has 4 aromatic rings. The van der Waals surface area contributed by atoms with Crippen molar-refractivity contribution in [3.05, 3.63) is 179 Å². The molecule has 0 spiro atoms. The predicted molar refractivity (Wildman–Crippen MR) is 365 cm³/mol. The summed E-state index contributed by atoms with van der Waals surface area (Å²) in [5, 5.41) is 121. The Bertz CT molecular complexity index is 3970. The maximum absolute atomic E-state index is 14.5. The van der Waals surface area contributed by atoms with Crippen LogP contribution in [0.25, 0.3) is 0 Å². The van der Waals surface area contributed by atoms with E-state index in [1.807, 2.05) is 0 Å². The third-order valence-corrected chi connectivity index (χ3v) is 24.3. The van der Waals surface area contributed by atoms with Gasteiger partial charge in [0.25, 0.3) is 11.8 Å². The summed E-state index contributed by atoms with van der Waals surface area (Å²) in [5.41, 5.74) is -11.0. The molecule has 107 heavy (non-hydrogen) atoms. The Kier molecular flexibility index (Phi) is 33.5. The molecule has 2 amide bonds. The van der Waals surface area contributed by atoms with Crippen LogP contribution in [0.15, 0.2) is 144 Å². The molecule has 1 heterocycles. The van der Waals surface area contributed by atoms with Gasteiger partial charge in [-0.25, -0.2) is 9.59 Å². The first-order valence-electron chi connectivity index (χ1n) is 34.4. The average Bonchev–Trinajstić information content (AvgIpc) is 0.682. The number of carbonyl (C=O) groups is 8. The SMILES string of the molecule is CC1=C2C(O)C(=O)[C@]3(C)C(O)CC4OCC4(O)C3C(C)C(O)(CC1OC(=O)C(OC(=O)CCC(=O)O)C(NC(=O)c1ccccc1)c1ccccc1)C2(C)C.[Ac].[Ac].[Ac].[Ac].[CH2-]C1(O)[CH-]CC(O)[C@@]2(C)C(=O)C(O)C3=C(C)C(OC(=O)C(O)C(NC(=O)c4ccccc4)c4ccccc4)CC(O)(C(C)C12)C3(C)C.[W+2]. The number of benzene rings is 4. The van der Waals surface area contributed by atoms with Crippen LogP contribution in [0.4, 0.5) is 0 Å². The van der Waals surface area contributed by atoms with Gasteiger partial charge >= 0.3 is 44.9 Å². The van der Waals surface area contributed by atoms with Crippen LogP contribution in [0, 0.1) is 235 Å². The zero-order valence-electron chi connectivity index (χ0n) is 61.5. The second-order valence-electron chi connectivity index (χ2n) is 30.4. The van der Waals surface area contributed by atoms with Crippen molar-refractivity contribution < 1.29 is 306 Å². The number of carboxylic acid groups (broad SMARTS) is 1. The Labute approximate surface area is 780 Å². The molecule has 4 aromatic carbocycles. The molecule has 29 heteroatoms. The molecule has 12 N–H and O–H groups in total. The van der Waals surface area contributed by atoms with Gasteiger partial charge < -0.3 is 94.0 Å². The number of ether oxygens (including phenoxy) is 4. The number of nitrogens with one attached hydrogen (secondary N) is 2. The molecular weight excluding hydrogens is 2410 g/mol. The number of amides is 2. The number of carbonyl (C=O) groups excluding carboxylic acids is 7. The largest absolute Gasteiger partial charge is 2.00 e. The fraction of sp³-hybridized carbons (Fsp3) is 0.513. The molecule has 6 aliphatic carbocycles. The van der Waals surface area contributed by atoms with E-state index in [-0.39, 0.29) is 252 Å². The van der Waals surface area contributed by atoms with Crippen LogP contribution in [0.1, 0.15) is 152 Å². The first kappa shape index (κ1) is 96.2. The molecule has 11 rings (SSSR count). The number of ketones is 2. The number of hydrogen-bond acceptors (Lipinski definition) is 21. The van der Waals surface area contributed by atoms with Crippen molar-refractivity contribution in [3.63, 3.8) is 0 Å². The summed E-state index contributed by atoms with van der Waals surface area (Å²) in [4.78, 5) is 108. The molecule has 1 aliphatic heterocycles. The van der Waals surface area contributed by atoms with Crippen molar-refractivity contribution in [2.75, 3.05) is 6.61 Å². The van der Waals surface area contributed by atoms with Crippen LogP contribution >= 0.6 is 0 Å². The number of esters is 3. The number of hydrogen-bond donors (Lipinski definition) is 12. The molecule has 0 aromatic heterocycles.